The molecule has 0 N–H and O–H groups in total. The van der Waals surface area contributed by atoms with Crippen molar-refractivity contribution < 1.29 is 9.53 Å². The molecule has 0 heterocycles. The van der Waals surface area contributed by atoms with Crippen LogP contribution < -0.4 is 4.74 Å². The summed E-state index contributed by atoms with van der Waals surface area (Å²) in [5.74, 6) is 1.56. The van der Waals surface area contributed by atoms with Crippen molar-refractivity contribution >= 4 is 5.78 Å². The van der Waals surface area contributed by atoms with Crippen LogP contribution in [0.15, 0.2) is 12.1 Å². The molecule has 0 aliphatic heterocycles. The second-order valence-corrected chi connectivity index (χ2v) is 8.12. The minimum Gasteiger partial charge on any atom is -0.496 e. The molecular formula is C20H28O2. The van der Waals surface area contributed by atoms with Crippen LogP contribution in [0, 0.1) is 11.3 Å². The van der Waals surface area contributed by atoms with Crippen molar-refractivity contribution in [1.82, 2.24) is 0 Å². The van der Waals surface area contributed by atoms with Crippen LogP contribution in [0.2, 0.25) is 0 Å². The summed E-state index contributed by atoms with van der Waals surface area (Å²) in [7, 11) is 1.67. The van der Waals surface area contributed by atoms with Crippen molar-refractivity contribution in [2.24, 2.45) is 11.3 Å². The van der Waals surface area contributed by atoms with Crippen molar-refractivity contribution in [1.29, 1.82) is 0 Å². The number of carbonyl (C=O) groups is 1. The normalized spacial score (nSPS) is 29.4. The first-order chi connectivity index (χ1) is 10.3. The van der Waals surface area contributed by atoms with Crippen LogP contribution in [0.3, 0.4) is 0 Å². The van der Waals surface area contributed by atoms with Gasteiger partial charge in [0, 0.05) is 0 Å². The number of ether oxygens (including phenoxy) is 1. The third-order valence-electron chi connectivity index (χ3n) is 6.35. The van der Waals surface area contributed by atoms with Crippen molar-refractivity contribution in [2.75, 3.05) is 7.11 Å². The highest BCUT2D eigenvalue weighted by molar-refractivity contribution is 5.97. The molecule has 1 saturated carbocycles. The van der Waals surface area contributed by atoms with Crippen LogP contribution in [0.25, 0.3) is 0 Å². The number of aryl methyl sites for hydroxylation is 1. The number of hydrogen-bond donors (Lipinski definition) is 0. The summed E-state index contributed by atoms with van der Waals surface area (Å²) >= 11 is 0. The number of ketones is 1. The van der Waals surface area contributed by atoms with Crippen LogP contribution in [-0.2, 0) is 11.8 Å². The molecule has 1 aromatic carbocycles. The number of hydrogen-bond acceptors (Lipinski definition) is 2. The number of carbonyl (C=O) groups excluding carboxylic acids is 1. The van der Waals surface area contributed by atoms with Gasteiger partial charge in [-0.15, -0.1) is 0 Å². The summed E-state index contributed by atoms with van der Waals surface area (Å²) in [4.78, 5) is 11.9. The SMILES string of the molecule is COc1cc2c(cc1C(C)=O)CC[C@@H]1C(C)(C)CCC[C@@]21C. The fourth-order valence-electron chi connectivity index (χ4n) is 5.26. The maximum atomic E-state index is 11.9. The molecule has 120 valence electrons. The van der Waals surface area contributed by atoms with E-state index in [2.05, 4.69) is 32.9 Å². The Morgan fingerprint density at radius 1 is 1.23 bits per heavy atom. The third-order valence-corrected chi connectivity index (χ3v) is 6.35. The zero-order valence-electron chi connectivity index (χ0n) is 14.6. The van der Waals surface area contributed by atoms with E-state index in [9.17, 15) is 4.79 Å². The van der Waals surface area contributed by atoms with Gasteiger partial charge in [0.1, 0.15) is 5.75 Å². The summed E-state index contributed by atoms with van der Waals surface area (Å²) in [5, 5.41) is 0. The Morgan fingerprint density at radius 3 is 2.59 bits per heavy atom. The summed E-state index contributed by atoms with van der Waals surface area (Å²) in [6.45, 7) is 8.92. The molecular weight excluding hydrogens is 272 g/mol. The first-order valence-corrected chi connectivity index (χ1v) is 8.52. The molecule has 2 heteroatoms. The number of benzene rings is 1. The average molecular weight is 300 g/mol. The van der Waals surface area contributed by atoms with Crippen LogP contribution in [0.4, 0.5) is 0 Å². The summed E-state index contributed by atoms with van der Waals surface area (Å²) in [6, 6.07) is 4.26. The second kappa shape index (κ2) is 5.11. The number of fused-ring (bicyclic) bond motifs is 3. The fourth-order valence-corrected chi connectivity index (χ4v) is 5.26. The van der Waals surface area contributed by atoms with Crippen molar-refractivity contribution in [3.8, 4) is 5.75 Å². The maximum absolute atomic E-state index is 11.9. The third kappa shape index (κ3) is 2.19. The van der Waals surface area contributed by atoms with E-state index in [1.54, 1.807) is 14.0 Å². The Morgan fingerprint density at radius 2 is 1.95 bits per heavy atom. The molecule has 0 saturated heterocycles. The van der Waals surface area contributed by atoms with Gasteiger partial charge in [-0.05, 0) is 72.6 Å². The monoisotopic (exact) mass is 300 g/mol. The lowest BCUT2D eigenvalue weighted by Crippen LogP contribution is -2.47. The number of rotatable bonds is 2. The van der Waals surface area contributed by atoms with Crippen LogP contribution >= 0.6 is 0 Å². The molecule has 2 aliphatic rings. The molecule has 0 amide bonds. The zero-order valence-corrected chi connectivity index (χ0v) is 14.6. The molecule has 3 rings (SSSR count). The van der Waals surface area contributed by atoms with Crippen LogP contribution in [0.5, 0.6) is 5.75 Å². The Labute approximate surface area is 134 Å². The van der Waals surface area contributed by atoms with Gasteiger partial charge < -0.3 is 4.74 Å². The molecule has 0 unspecified atom stereocenters. The van der Waals surface area contributed by atoms with Gasteiger partial charge in [-0.2, -0.15) is 0 Å². The van der Waals surface area contributed by atoms with Crippen LogP contribution in [0.1, 0.15) is 74.9 Å². The summed E-state index contributed by atoms with van der Waals surface area (Å²) < 4.78 is 5.53. The van der Waals surface area contributed by atoms with Gasteiger partial charge in [-0.3, -0.25) is 4.79 Å². The Hall–Kier alpha value is -1.31. The minimum atomic E-state index is 0.0934. The van der Waals surface area contributed by atoms with Gasteiger partial charge in [0.05, 0.1) is 12.7 Å². The highest BCUT2D eigenvalue weighted by Gasteiger charge is 2.49. The van der Waals surface area contributed by atoms with E-state index in [4.69, 9.17) is 4.74 Å². The maximum Gasteiger partial charge on any atom is 0.163 e. The van der Waals surface area contributed by atoms with Gasteiger partial charge in [0.2, 0.25) is 0 Å². The molecule has 1 fully saturated rings. The zero-order chi connectivity index (χ0) is 16.1. The van der Waals surface area contributed by atoms with Crippen molar-refractivity contribution in [3.63, 3.8) is 0 Å². The molecule has 0 bridgehead atoms. The highest BCUT2D eigenvalue weighted by Crippen LogP contribution is 2.57. The molecule has 2 atom stereocenters. The Bertz CT molecular complexity index is 614. The second-order valence-electron chi connectivity index (χ2n) is 8.12. The van der Waals surface area contributed by atoms with E-state index in [1.807, 2.05) is 0 Å². The lowest BCUT2D eigenvalue weighted by molar-refractivity contribution is 0.0405. The van der Waals surface area contributed by atoms with E-state index >= 15 is 0 Å². The van der Waals surface area contributed by atoms with Gasteiger partial charge in [0.15, 0.2) is 5.78 Å². The molecule has 1 aromatic rings. The van der Waals surface area contributed by atoms with E-state index in [-0.39, 0.29) is 11.2 Å². The Kier molecular flexibility index (Phi) is 3.62. The summed E-state index contributed by atoms with van der Waals surface area (Å²) in [5.41, 5.74) is 4.15. The van der Waals surface area contributed by atoms with Gasteiger partial charge in [0.25, 0.3) is 0 Å². The van der Waals surface area contributed by atoms with E-state index in [1.165, 1.54) is 36.8 Å². The molecule has 2 nitrogen and oxygen atoms in total. The Balaban J connectivity index is 2.16. The predicted octanol–water partition coefficient (Wildman–Crippen LogP) is 4.93. The standard InChI is InChI=1S/C20H28O2/c1-13(21)15-11-14-7-8-18-19(2,3)9-6-10-20(18,4)16(14)12-17(15)22-5/h11-12,18H,6-10H2,1-5H3/t18-,20+/m1/s1. The summed E-state index contributed by atoms with van der Waals surface area (Å²) in [6.07, 6.45) is 6.18. The highest BCUT2D eigenvalue weighted by atomic mass is 16.5. The molecule has 2 aliphatic carbocycles. The van der Waals surface area contributed by atoms with Crippen molar-refractivity contribution in [2.45, 2.75) is 65.2 Å². The largest absolute Gasteiger partial charge is 0.496 e. The van der Waals surface area contributed by atoms with E-state index in [0.717, 1.165) is 17.7 Å². The molecule has 22 heavy (non-hydrogen) atoms. The van der Waals surface area contributed by atoms with Gasteiger partial charge >= 0.3 is 0 Å². The van der Waals surface area contributed by atoms with Crippen LogP contribution in [-0.4, -0.2) is 12.9 Å². The van der Waals surface area contributed by atoms with E-state index in [0.29, 0.717) is 11.3 Å². The number of Topliss-reactive ketones (excluding diaryl/α,β-unsaturated/α-hetero) is 1. The minimum absolute atomic E-state index is 0.0934. The average Bonchev–Trinajstić information content (AvgIpc) is 2.45. The quantitative estimate of drug-likeness (QED) is 0.724. The van der Waals surface area contributed by atoms with Gasteiger partial charge in [-0.25, -0.2) is 0 Å². The predicted molar refractivity (Wildman–Crippen MR) is 89.8 cm³/mol. The van der Waals surface area contributed by atoms with Crippen molar-refractivity contribution in [3.05, 3.63) is 28.8 Å². The number of methoxy groups -OCH3 is 1. The molecule has 0 spiro atoms. The lowest BCUT2D eigenvalue weighted by Gasteiger charge is -2.54. The molecule has 0 aromatic heterocycles. The van der Waals surface area contributed by atoms with E-state index < -0.39 is 0 Å². The topological polar surface area (TPSA) is 26.3 Å². The lowest BCUT2D eigenvalue weighted by atomic mass is 9.50. The first-order valence-electron chi connectivity index (χ1n) is 8.52. The van der Waals surface area contributed by atoms with Gasteiger partial charge in [-0.1, -0.05) is 27.2 Å². The fraction of sp³-hybridized carbons (Fsp3) is 0.650. The molecule has 0 radical (unpaired) electrons. The smallest absolute Gasteiger partial charge is 0.163 e. The first kappa shape index (κ1) is 15.6.